The van der Waals surface area contributed by atoms with Gasteiger partial charge in [0.25, 0.3) is 0 Å². The second kappa shape index (κ2) is 9.71. The lowest BCUT2D eigenvalue weighted by molar-refractivity contribution is 0.590. The van der Waals surface area contributed by atoms with E-state index in [9.17, 15) is 11.0 Å². The van der Waals surface area contributed by atoms with Gasteiger partial charge in [0, 0.05) is 17.1 Å². The summed E-state index contributed by atoms with van der Waals surface area (Å²) < 4.78 is 119. The summed E-state index contributed by atoms with van der Waals surface area (Å²) in [6.07, 6.45) is 0. The Labute approximate surface area is 272 Å². The van der Waals surface area contributed by atoms with E-state index in [-0.39, 0.29) is 127 Å². The molecule has 1 nitrogen and oxygen atoms in total. The van der Waals surface area contributed by atoms with Gasteiger partial charge < -0.3 is 4.90 Å². The number of nitrogens with zero attached hydrogens (tertiary/aromatic N) is 1. The first-order valence-electron chi connectivity index (χ1n) is 20.6. The molecule has 206 valence electrons. The van der Waals surface area contributed by atoms with Crippen molar-refractivity contribution in [1.29, 1.82) is 0 Å². The number of benzene rings is 7. The van der Waals surface area contributed by atoms with E-state index in [4.69, 9.17) is 6.85 Å². The van der Waals surface area contributed by atoms with Gasteiger partial charge in [-0.3, -0.25) is 0 Å². The van der Waals surface area contributed by atoms with Crippen LogP contribution in [0, 0.1) is 0 Å². The first-order valence-corrected chi connectivity index (χ1v) is 14.1. The first-order chi connectivity index (χ1) is 26.4. The van der Waals surface area contributed by atoms with Crippen LogP contribution in [0.3, 0.4) is 0 Å². The third-order valence-electron chi connectivity index (χ3n) is 7.57. The molecule has 0 amide bonds. The van der Waals surface area contributed by atoms with Crippen molar-refractivity contribution in [3.63, 3.8) is 0 Å². The second-order valence-corrected chi connectivity index (χ2v) is 11.6. The van der Waals surface area contributed by atoms with Crippen LogP contribution in [0.5, 0.6) is 0 Å². The zero-order valence-electron chi connectivity index (χ0n) is 36.8. The SMILES string of the molecule is [2H]c1c([2H])c(C(C)(C)C)c([2H])c([2H])c1-c1cc([2H])c2c([2H])c3c(c([2H])c2c1[2H])-c1c-3c([2H])c2c([2H])c(N(c3ccccc3)c3ccccc3)c([2H])c([2H])c2c1[2H]. The van der Waals surface area contributed by atoms with Crippen molar-refractivity contribution in [2.45, 2.75) is 26.2 Å². The standard InChI is InChI=1S/C42H33N/c1-42(2,3)34-19-16-28(17-20-34)29-14-15-30-24-38-40(26-32(30)22-29)39-25-31-18-21-37(23-33(31)27-41(38)39)43(35-10-6-4-7-11-35)36-12-8-5-9-13-36/h4-27H,1-3H3/i15D,16D,17D,18D,19D,20D,21D,22D,23D,24D,25D,26D,27D. The lowest BCUT2D eigenvalue weighted by Gasteiger charge is -2.28. The minimum absolute atomic E-state index is 0.0302. The molecule has 0 atom stereocenters. The van der Waals surface area contributed by atoms with Crippen LogP contribution in [0.25, 0.3) is 54.9 Å². The molecule has 0 heterocycles. The molecule has 7 aromatic rings. The molecule has 0 aromatic heterocycles. The Morgan fingerprint density at radius 1 is 0.442 bits per heavy atom. The average Bonchev–Trinajstić information content (AvgIpc) is 3.13. The smallest absolute Gasteiger partial charge is 0.0651 e. The van der Waals surface area contributed by atoms with Crippen LogP contribution in [0.1, 0.15) is 44.2 Å². The maximum atomic E-state index is 9.48. The summed E-state index contributed by atoms with van der Waals surface area (Å²) in [5.41, 5.74) is 0.729. The Balaban J connectivity index is 1.41. The van der Waals surface area contributed by atoms with Crippen LogP contribution in [0.2, 0.25) is 0 Å². The normalized spacial score (nSPS) is 16.3. The highest BCUT2D eigenvalue weighted by atomic mass is 15.1. The van der Waals surface area contributed by atoms with E-state index in [1.807, 2.05) is 36.4 Å². The summed E-state index contributed by atoms with van der Waals surface area (Å²) in [4.78, 5) is 1.66. The summed E-state index contributed by atoms with van der Waals surface area (Å²) in [7, 11) is 0. The number of para-hydroxylation sites is 2. The zero-order valence-corrected chi connectivity index (χ0v) is 23.8. The van der Waals surface area contributed by atoms with Crippen LogP contribution < -0.4 is 4.90 Å². The van der Waals surface area contributed by atoms with Crippen molar-refractivity contribution < 1.29 is 17.8 Å². The van der Waals surface area contributed by atoms with Crippen molar-refractivity contribution in [1.82, 2.24) is 0 Å². The fourth-order valence-electron chi connectivity index (χ4n) is 5.29. The highest BCUT2D eigenvalue weighted by molar-refractivity contribution is 6.12. The van der Waals surface area contributed by atoms with Crippen LogP contribution in [0.4, 0.5) is 17.1 Å². The van der Waals surface area contributed by atoms with E-state index in [1.54, 1.807) is 49.9 Å². The largest absolute Gasteiger partial charge is 0.310 e. The topological polar surface area (TPSA) is 3.24 Å². The Hall–Kier alpha value is -5.14. The second-order valence-electron chi connectivity index (χ2n) is 11.6. The monoisotopic (exact) mass is 564 g/mol. The number of hydrogen-bond acceptors (Lipinski definition) is 1. The molecule has 0 N–H and O–H groups in total. The third kappa shape index (κ3) is 4.40. The van der Waals surface area contributed by atoms with Crippen molar-refractivity contribution in [3.05, 3.63) is 151 Å². The van der Waals surface area contributed by atoms with Gasteiger partial charge in [-0.25, -0.2) is 0 Å². The molecule has 0 fully saturated rings. The minimum atomic E-state index is -0.726. The van der Waals surface area contributed by atoms with Gasteiger partial charge in [0.2, 0.25) is 0 Å². The highest BCUT2D eigenvalue weighted by Gasteiger charge is 2.24. The van der Waals surface area contributed by atoms with Gasteiger partial charge >= 0.3 is 0 Å². The highest BCUT2D eigenvalue weighted by Crippen LogP contribution is 2.51. The van der Waals surface area contributed by atoms with E-state index in [0.29, 0.717) is 11.4 Å². The van der Waals surface area contributed by atoms with E-state index in [0.717, 1.165) is 0 Å². The van der Waals surface area contributed by atoms with Crippen molar-refractivity contribution >= 4 is 38.6 Å². The van der Waals surface area contributed by atoms with Crippen LogP contribution >= 0.6 is 0 Å². The van der Waals surface area contributed by atoms with Gasteiger partial charge in [0.05, 0.1) is 17.8 Å². The van der Waals surface area contributed by atoms with Gasteiger partial charge in [-0.1, -0.05) is 99.5 Å². The van der Waals surface area contributed by atoms with Gasteiger partial charge in [-0.2, -0.15) is 0 Å². The molecule has 0 unspecified atom stereocenters. The molecular formula is C42H33N. The van der Waals surface area contributed by atoms with Crippen molar-refractivity contribution in [3.8, 4) is 33.4 Å². The Kier molecular flexibility index (Phi) is 3.47. The van der Waals surface area contributed by atoms with E-state index < -0.39 is 23.5 Å². The van der Waals surface area contributed by atoms with Crippen LogP contribution in [-0.4, -0.2) is 0 Å². The van der Waals surface area contributed by atoms with Gasteiger partial charge in [0.15, 0.2) is 0 Å². The Bertz CT molecular complexity index is 2800. The van der Waals surface area contributed by atoms with Crippen molar-refractivity contribution in [2.75, 3.05) is 4.90 Å². The Morgan fingerprint density at radius 3 is 1.51 bits per heavy atom. The molecule has 0 spiro atoms. The summed E-state index contributed by atoms with van der Waals surface area (Å²) in [6, 6.07) is 15.1. The molecule has 0 bridgehead atoms. The molecule has 7 aromatic carbocycles. The molecule has 1 heteroatoms. The number of hydrogen-bond donors (Lipinski definition) is 0. The predicted molar refractivity (Wildman–Crippen MR) is 185 cm³/mol. The molecule has 0 saturated carbocycles. The average molecular weight is 565 g/mol. The number of fused-ring (bicyclic) bond motifs is 6. The number of rotatable bonds is 4. The molecule has 1 aliphatic rings. The third-order valence-corrected chi connectivity index (χ3v) is 7.57. The summed E-state index contributed by atoms with van der Waals surface area (Å²) in [5, 5.41) is -0.443. The molecule has 0 radical (unpaired) electrons. The quantitative estimate of drug-likeness (QED) is 0.205. The molecule has 0 saturated heterocycles. The predicted octanol–water partition coefficient (Wildman–Crippen LogP) is 12.1. The number of anilines is 3. The summed E-state index contributed by atoms with van der Waals surface area (Å²) >= 11 is 0. The van der Waals surface area contributed by atoms with Gasteiger partial charge in [0.1, 0.15) is 0 Å². The zero-order chi connectivity index (χ0) is 40.4. The Morgan fingerprint density at radius 2 is 0.953 bits per heavy atom. The van der Waals surface area contributed by atoms with Gasteiger partial charge in [-0.15, -0.1) is 0 Å². The van der Waals surface area contributed by atoms with Crippen molar-refractivity contribution in [2.24, 2.45) is 0 Å². The molecular weight excluding hydrogens is 518 g/mol. The van der Waals surface area contributed by atoms with Gasteiger partial charge in [-0.05, 0) is 132 Å². The lowest BCUT2D eigenvalue weighted by atomic mass is 9.77. The molecule has 0 aliphatic heterocycles. The fraction of sp³-hybridized carbons (Fsp3) is 0.0952. The van der Waals surface area contributed by atoms with E-state index >= 15 is 0 Å². The van der Waals surface area contributed by atoms with E-state index in [2.05, 4.69) is 0 Å². The lowest BCUT2D eigenvalue weighted by Crippen LogP contribution is -2.10. The van der Waals surface area contributed by atoms with Crippen LogP contribution in [0.15, 0.2) is 145 Å². The molecule has 43 heavy (non-hydrogen) atoms. The molecule has 1 aliphatic carbocycles. The van der Waals surface area contributed by atoms with Crippen LogP contribution in [-0.2, 0) is 5.41 Å². The maximum absolute atomic E-state index is 9.48. The maximum Gasteiger partial charge on any atom is 0.0651 e. The molecule has 8 rings (SSSR count). The first kappa shape index (κ1) is 15.4. The fourth-order valence-corrected chi connectivity index (χ4v) is 5.29. The minimum Gasteiger partial charge on any atom is -0.310 e. The van der Waals surface area contributed by atoms with E-state index in [1.165, 1.54) is 6.07 Å². The summed E-state index contributed by atoms with van der Waals surface area (Å²) in [5.74, 6) is 0. The summed E-state index contributed by atoms with van der Waals surface area (Å²) in [6.45, 7) is 5.32.